The second-order valence-electron chi connectivity index (χ2n) is 5.34. The topological polar surface area (TPSA) is 70.9 Å². The Balaban J connectivity index is 1.73. The van der Waals surface area contributed by atoms with E-state index in [0.29, 0.717) is 11.1 Å². The highest BCUT2D eigenvalue weighted by Crippen LogP contribution is 2.19. The van der Waals surface area contributed by atoms with Crippen LogP contribution in [0, 0.1) is 6.92 Å². The highest BCUT2D eigenvalue weighted by atomic mass is 35.5. The number of halogens is 1. The van der Waals surface area contributed by atoms with Crippen molar-refractivity contribution >= 4 is 34.8 Å². The Bertz CT molecular complexity index is 799. The van der Waals surface area contributed by atoms with Crippen molar-refractivity contribution in [2.45, 2.75) is 33.2 Å². The number of rotatable bonds is 6. The highest BCUT2D eigenvalue weighted by molar-refractivity contribution is 6.32. The van der Waals surface area contributed by atoms with Crippen LogP contribution in [0.1, 0.15) is 31.0 Å². The lowest BCUT2D eigenvalue weighted by Gasteiger charge is -2.00. The van der Waals surface area contributed by atoms with Gasteiger partial charge in [0.1, 0.15) is 5.15 Å². The molecule has 0 bridgehead atoms. The number of hydrogen-bond donors (Lipinski definition) is 2. The van der Waals surface area contributed by atoms with E-state index in [4.69, 9.17) is 11.6 Å². The molecule has 6 nitrogen and oxygen atoms in total. The van der Waals surface area contributed by atoms with Gasteiger partial charge in [0, 0.05) is 6.54 Å². The normalized spacial score (nSPS) is 11.6. The number of aromatic amines is 1. The van der Waals surface area contributed by atoms with Crippen LogP contribution in [0.3, 0.4) is 0 Å². The lowest BCUT2D eigenvalue weighted by Crippen LogP contribution is -2.00. The molecule has 0 radical (unpaired) electrons. The van der Waals surface area contributed by atoms with Crippen LogP contribution in [0.15, 0.2) is 29.4 Å². The fourth-order valence-electron chi connectivity index (χ4n) is 2.33. The molecule has 0 aliphatic heterocycles. The van der Waals surface area contributed by atoms with E-state index >= 15 is 0 Å². The zero-order valence-electron chi connectivity index (χ0n) is 13.2. The maximum Gasteiger partial charge on any atom is 0.222 e. The molecule has 0 saturated carbocycles. The molecule has 3 rings (SSSR count). The minimum Gasteiger partial charge on any atom is -0.323 e. The third-order valence-electron chi connectivity index (χ3n) is 3.59. The van der Waals surface area contributed by atoms with Crippen molar-refractivity contribution in [1.82, 2.24) is 19.7 Å². The summed E-state index contributed by atoms with van der Waals surface area (Å²) in [5.41, 5.74) is 6.44. The Morgan fingerprint density at radius 1 is 1.39 bits per heavy atom. The van der Waals surface area contributed by atoms with Gasteiger partial charge in [-0.1, -0.05) is 37.1 Å². The number of anilines is 1. The maximum atomic E-state index is 6.37. The first-order chi connectivity index (χ1) is 11.2. The molecule has 120 valence electrons. The Hall–Kier alpha value is -2.34. The van der Waals surface area contributed by atoms with Gasteiger partial charge in [-0.2, -0.15) is 10.2 Å². The molecule has 0 amide bonds. The minimum atomic E-state index is 0.592. The largest absolute Gasteiger partial charge is 0.323 e. The van der Waals surface area contributed by atoms with Gasteiger partial charge in [0.05, 0.1) is 28.5 Å². The van der Waals surface area contributed by atoms with E-state index in [1.54, 1.807) is 6.21 Å². The number of unbranched alkanes of at least 4 members (excludes halogenated alkanes) is 1. The number of aryl methyl sites for hydroxylation is 2. The minimum absolute atomic E-state index is 0.592. The standard InChI is InChI=1S/C16H19ClN6/c1-3-4-9-23-15(17)12(11(2)22-23)10-18-21-16-19-13-7-5-6-8-14(13)20-16/h5-8,10H,3-4,9H2,1-2H3,(H2,19,20,21)/b18-10-. The molecule has 23 heavy (non-hydrogen) atoms. The Morgan fingerprint density at radius 2 is 2.22 bits per heavy atom. The third-order valence-corrected chi connectivity index (χ3v) is 3.99. The van der Waals surface area contributed by atoms with Gasteiger partial charge in [-0.15, -0.1) is 0 Å². The molecular weight excluding hydrogens is 312 g/mol. The Morgan fingerprint density at radius 3 is 3.00 bits per heavy atom. The zero-order chi connectivity index (χ0) is 16.2. The van der Waals surface area contributed by atoms with Crippen LogP contribution in [-0.2, 0) is 6.54 Å². The van der Waals surface area contributed by atoms with Crippen molar-refractivity contribution in [3.05, 3.63) is 40.7 Å². The van der Waals surface area contributed by atoms with Crippen molar-refractivity contribution in [3.8, 4) is 0 Å². The van der Waals surface area contributed by atoms with Gasteiger partial charge in [0.2, 0.25) is 5.95 Å². The number of nitrogens with one attached hydrogen (secondary N) is 2. The summed E-state index contributed by atoms with van der Waals surface area (Å²) in [6.45, 7) is 4.89. The summed E-state index contributed by atoms with van der Waals surface area (Å²) in [5.74, 6) is 0.592. The van der Waals surface area contributed by atoms with Gasteiger partial charge < -0.3 is 4.98 Å². The van der Waals surface area contributed by atoms with Gasteiger partial charge >= 0.3 is 0 Å². The molecule has 0 aliphatic rings. The molecule has 2 aromatic heterocycles. The number of hydrazone groups is 1. The van der Waals surface area contributed by atoms with Gasteiger partial charge in [-0.3, -0.25) is 4.68 Å². The molecule has 0 atom stereocenters. The molecule has 0 saturated heterocycles. The number of hydrogen-bond acceptors (Lipinski definition) is 4. The fraction of sp³-hybridized carbons (Fsp3) is 0.312. The molecule has 3 aromatic rings. The number of para-hydroxylation sites is 2. The number of fused-ring (bicyclic) bond motifs is 1. The van der Waals surface area contributed by atoms with Crippen molar-refractivity contribution in [2.24, 2.45) is 5.10 Å². The molecular formula is C16H19ClN6. The van der Waals surface area contributed by atoms with Crippen molar-refractivity contribution in [1.29, 1.82) is 0 Å². The van der Waals surface area contributed by atoms with E-state index in [-0.39, 0.29) is 0 Å². The van der Waals surface area contributed by atoms with Gasteiger partial charge in [0.15, 0.2) is 0 Å². The Labute approximate surface area is 139 Å². The van der Waals surface area contributed by atoms with E-state index in [9.17, 15) is 0 Å². The van der Waals surface area contributed by atoms with Crippen molar-refractivity contribution in [2.75, 3.05) is 5.43 Å². The lowest BCUT2D eigenvalue weighted by molar-refractivity contribution is 0.569. The van der Waals surface area contributed by atoms with E-state index in [1.165, 1.54) is 0 Å². The van der Waals surface area contributed by atoms with E-state index in [1.807, 2.05) is 35.9 Å². The first-order valence-electron chi connectivity index (χ1n) is 7.65. The van der Waals surface area contributed by atoms with Crippen molar-refractivity contribution in [3.63, 3.8) is 0 Å². The SMILES string of the molecule is CCCCn1nc(C)c(/C=N\Nc2nc3ccccc3[nH]2)c1Cl. The predicted molar refractivity (Wildman–Crippen MR) is 94.2 cm³/mol. The van der Waals surface area contributed by atoms with Crippen LogP contribution < -0.4 is 5.43 Å². The second-order valence-corrected chi connectivity index (χ2v) is 5.70. The lowest BCUT2D eigenvalue weighted by atomic mass is 10.3. The first-order valence-corrected chi connectivity index (χ1v) is 8.03. The summed E-state index contributed by atoms with van der Waals surface area (Å²) in [7, 11) is 0. The average Bonchev–Trinajstić information content (AvgIpc) is 3.08. The number of nitrogens with zero attached hydrogens (tertiary/aromatic N) is 4. The second kappa shape index (κ2) is 6.83. The molecule has 7 heteroatoms. The molecule has 0 spiro atoms. The van der Waals surface area contributed by atoms with Crippen LogP contribution in [0.4, 0.5) is 5.95 Å². The van der Waals surface area contributed by atoms with Crippen LogP contribution >= 0.6 is 11.6 Å². The summed E-state index contributed by atoms with van der Waals surface area (Å²) >= 11 is 6.37. The van der Waals surface area contributed by atoms with Crippen LogP contribution in [0.5, 0.6) is 0 Å². The predicted octanol–water partition coefficient (Wildman–Crippen LogP) is 3.97. The summed E-state index contributed by atoms with van der Waals surface area (Å²) < 4.78 is 1.82. The maximum absolute atomic E-state index is 6.37. The zero-order valence-corrected chi connectivity index (χ0v) is 13.9. The number of H-pyrrole nitrogens is 1. The summed E-state index contributed by atoms with van der Waals surface area (Å²) in [4.78, 5) is 7.55. The van der Waals surface area contributed by atoms with Crippen LogP contribution in [0.25, 0.3) is 11.0 Å². The summed E-state index contributed by atoms with van der Waals surface area (Å²) in [6, 6.07) is 7.82. The molecule has 0 unspecified atom stereocenters. The van der Waals surface area contributed by atoms with E-state index in [0.717, 1.165) is 41.7 Å². The summed E-state index contributed by atoms with van der Waals surface area (Å²) in [6.07, 6.45) is 3.83. The molecule has 1 aromatic carbocycles. The average molecular weight is 331 g/mol. The summed E-state index contributed by atoms with van der Waals surface area (Å²) in [5, 5.41) is 9.28. The monoisotopic (exact) mass is 330 g/mol. The first kappa shape index (κ1) is 15.6. The number of imidazole rings is 1. The van der Waals surface area contributed by atoms with Gasteiger partial charge in [-0.05, 0) is 25.5 Å². The smallest absolute Gasteiger partial charge is 0.222 e. The van der Waals surface area contributed by atoms with Crippen LogP contribution in [-0.4, -0.2) is 26.0 Å². The van der Waals surface area contributed by atoms with Gasteiger partial charge in [-0.25, -0.2) is 10.4 Å². The number of aromatic nitrogens is 4. The van der Waals surface area contributed by atoms with Crippen LogP contribution in [0.2, 0.25) is 5.15 Å². The quantitative estimate of drug-likeness (QED) is 0.530. The van der Waals surface area contributed by atoms with E-state index in [2.05, 4.69) is 32.5 Å². The van der Waals surface area contributed by atoms with Gasteiger partial charge in [0.25, 0.3) is 0 Å². The number of benzene rings is 1. The fourth-order valence-corrected chi connectivity index (χ4v) is 2.64. The highest BCUT2D eigenvalue weighted by Gasteiger charge is 2.11. The molecule has 0 aliphatic carbocycles. The molecule has 2 N–H and O–H groups in total. The Kier molecular flexibility index (Phi) is 4.62. The molecule has 0 fully saturated rings. The molecule has 2 heterocycles. The van der Waals surface area contributed by atoms with Crippen molar-refractivity contribution < 1.29 is 0 Å². The van der Waals surface area contributed by atoms with E-state index < -0.39 is 0 Å². The third kappa shape index (κ3) is 3.37.